The predicted octanol–water partition coefficient (Wildman–Crippen LogP) is 5.06. The molecule has 0 spiro atoms. The van der Waals surface area contributed by atoms with Crippen LogP contribution in [0.2, 0.25) is 10.0 Å². The van der Waals surface area contributed by atoms with Crippen molar-refractivity contribution in [2.24, 2.45) is 0 Å². The second-order valence-electron chi connectivity index (χ2n) is 5.04. The molecule has 2 aromatic heterocycles. The largest absolute Gasteiger partial charge is 0.320 e. The van der Waals surface area contributed by atoms with Crippen molar-refractivity contribution in [3.8, 4) is 16.8 Å². The third kappa shape index (κ3) is 4.27. The van der Waals surface area contributed by atoms with Crippen LogP contribution in [0.5, 0.6) is 0 Å². The Morgan fingerprint density at radius 2 is 2.12 bits per heavy atom. The molecule has 0 aliphatic heterocycles. The van der Waals surface area contributed by atoms with Gasteiger partial charge in [0.1, 0.15) is 16.6 Å². The first kappa shape index (κ1) is 18.1. The summed E-state index contributed by atoms with van der Waals surface area (Å²) in [6.45, 7) is 0. The second kappa shape index (κ2) is 8.11. The van der Waals surface area contributed by atoms with E-state index in [0.29, 0.717) is 26.4 Å². The molecule has 0 aliphatic carbocycles. The number of anilines is 1. The SMILES string of the molecule is N#CC(=Cc1csc(-c2ccccn2)n1)C(=O)Nc1cc(Cl)ccc1Cl. The molecule has 0 aliphatic rings. The summed E-state index contributed by atoms with van der Waals surface area (Å²) < 4.78 is 0. The van der Waals surface area contributed by atoms with Crippen molar-refractivity contribution in [1.82, 2.24) is 9.97 Å². The Labute approximate surface area is 163 Å². The highest BCUT2D eigenvalue weighted by Crippen LogP contribution is 2.26. The molecule has 1 N–H and O–H groups in total. The number of pyridine rings is 1. The van der Waals surface area contributed by atoms with Gasteiger partial charge in [-0.1, -0.05) is 29.3 Å². The topological polar surface area (TPSA) is 78.7 Å². The molecule has 1 aromatic carbocycles. The molecule has 26 heavy (non-hydrogen) atoms. The van der Waals surface area contributed by atoms with Crippen LogP contribution in [-0.2, 0) is 4.79 Å². The molecule has 0 unspecified atom stereocenters. The minimum absolute atomic E-state index is 0.0982. The average molecular weight is 401 g/mol. The van der Waals surface area contributed by atoms with Crippen molar-refractivity contribution in [2.45, 2.75) is 0 Å². The molecular weight excluding hydrogens is 391 g/mol. The number of carbonyl (C=O) groups excluding carboxylic acids is 1. The number of carbonyl (C=O) groups is 1. The van der Waals surface area contributed by atoms with E-state index in [1.165, 1.54) is 23.5 Å². The van der Waals surface area contributed by atoms with E-state index in [0.717, 1.165) is 5.69 Å². The lowest BCUT2D eigenvalue weighted by Gasteiger charge is -2.06. The highest BCUT2D eigenvalue weighted by Gasteiger charge is 2.13. The number of benzene rings is 1. The third-order valence-electron chi connectivity index (χ3n) is 3.24. The van der Waals surface area contributed by atoms with Gasteiger partial charge in [-0.15, -0.1) is 11.3 Å². The fraction of sp³-hybridized carbons (Fsp3) is 0. The van der Waals surface area contributed by atoms with Crippen molar-refractivity contribution < 1.29 is 4.79 Å². The summed E-state index contributed by atoms with van der Waals surface area (Å²) in [5.41, 5.74) is 1.46. The lowest BCUT2D eigenvalue weighted by molar-refractivity contribution is -0.112. The standard InChI is InChI=1S/C18H10Cl2N4OS/c19-12-4-5-14(20)16(8-12)24-17(25)11(9-21)7-13-10-26-18(23-13)15-3-1-2-6-22-15/h1-8,10H,(H,24,25). The van der Waals surface area contributed by atoms with Gasteiger partial charge in [0.15, 0.2) is 0 Å². The van der Waals surface area contributed by atoms with Crippen molar-refractivity contribution >= 4 is 52.2 Å². The summed E-state index contributed by atoms with van der Waals surface area (Å²) >= 11 is 13.3. The molecule has 0 radical (unpaired) electrons. The monoisotopic (exact) mass is 400 g/mol. The normalized spacial score (nSPS) is 11.0. The lowest BCUT2D eigenvalue weighted by Crippen LogP contribution is -2.13. The summed E-state index contributed by atoms with van der Waals surface area (Å²) in [5, 5.41) is 15.1. The summed E-state index contributed by atoms with van der Waals surface area (Å²) in [5.74, 6) is -0.593. The summed E-state index contributed by atoms with van der Waals surface area (Å²) in [4.78, 5) is 21.0. The third-order valence-corrected chi connectivity index (χ3v) is 4.69. The maximum atomic E-state index is 12.3. The quantitative estimate of drug-likeness (QED) is 0.490. The van der Waals surface area contributed by atoms with Gasteiger partial charge in [-0.2, -0.15) is 5.26 Å². The Kier molecular flexibility index (Phi) is 5.64. The second-order valence-corrected chi connectivity index (χ2v) is 6.74. The number of nitrogens with zero attached hydrogens (tertiary/aromatic N) is 3. The highest BCUT2D eigenvalue weighted by atomic mass is 35.5. The summed E-state index contributed by atoms with van der Waals surface area (Å²) in [6, 6.07) is 12.1. The average Bonchev–Trinajstić information content (AvgIpc) is 3.12. The highest BCUT2D eigenvalue weighted by molar-refractivity contribution is 7.13. The van der Waals surface area contributed by atoms with Gasteiger partial charge in [-0.3, -0.25) is 9.78 Å². The Balaban J connectivity index is 1.82. The molecule has 2 heterocycles. The van der Waals surface area contributed by atoms with E-state index in [1.807, 2.05) is 24.3 Å². The number of rotatable bonds is 4. The first-order valence-electron chi connectivity index (χ1n) is 7.32. The molecule has 0 saturated heterocycles. The van der Waals surface area contributed by atoms with Crippen molar-refractivity contribution in [1.29, 1.82) is 5.26 Å². The maximum Gasteiger partial charge on any atom is 0.266 e. The predicted molar refractivity (Wildman–Crippen MR) is 104 cm³/mol. The molecule has 0 fully saturated rings. The Morgan fingerprint density at radius 3 is 2.85 bits per heavy atom. The molecular formula is C18H10Cl2N4OS. The zero-order valence-corrected chi connectivity index (χ0v) is 15.4. The number of nitrogens with one attached hydrogen (secondary N) is 1. The maximum absolute atomic E-state index is 12.3. The van der Waals surface area contributed by atoms with Crippen molar-refractivity contribution in [3.63, 3.8) is 0 Å². The number of hydrogen-bond acceptors (Lipinski definition) is 5. The fourth-order valence-corrected chi connectivity index (χ4v) is 3.13. The van der Waals surface area contributed by atoms with Gasteiger partial charge in [-0.05, 0) is 36.4 Å². The van der Waals surface area contributed by atoms with Gasteiger partial charge in [0, 0.05) is 16.6 Å². The van der Waals surface area contributed by atoms with E-state index < -0.39 is 5.91 Å². The minimum Gasteiger partial charge on any atom is -0.320 e. The minimum atomic E-state index is -0.593. The number of aromatic nitrogens is 2. The Hall–Kier alpha value is -2.72. The molecule has 3 aromatic rings. The zero-order chi connectivity index (χ0) is 18.5. The van der Waals surface area contributed by atoms with E-state index in [-0.39, 0.29) is 5.57 Å². The van der Waals surface area contributed by atoms with Crippen LogP contribution in [0.1, 0.15) is 5.69 Å². The molecule has 128 valence electrons. The van der Waals surface area contributed by atoms with Gasteiger partial charge in [0.05, 0.1) is 22.1 Å². The lowest BCUT2D eigenvalue weighted by atomic mass is 10.2. The van der Waals surface area contributed by atoms with Crippen LogP contribution in [0.4, 0.5) is 5.69 Å². The zero-order valence-electron chi connectivity index (χ0n) is 13.1. The van der Waals surface area contributed by atoms with Gasteiger partial charge in [0.25, 0.3) is 5.91 Å². The molecule has 5 nitrogen and oxygen atoms in total. The molecule has 3 rings (SSSR count). The van der Waals surface area contributed by atoms with Crippen LogP contribution in [0.15, 0.2) is 53.5 Å². The first-order chi connectivity index (χ1) is 12.6. The van der Waals surface area contributed by atoms with E-state index >= 15 is 0 Å². The van der Waals surface area contributed by atoms with Gasteiger partial charge >= 0.3 is 0 Å². The first-order valence-corrected chi connectivity index (χ1v) is 8.95. The van der Waals surface area contributed by atoms with Crippen LogP contribution in [0.3, 0.4) is 0 Å². The number of hydrogen-bond donors (Lipinski definition) is 1. The Bertz CT molecular complexity index is 1030. The van der Waals surface area contributed by atoms with Crippen LogP contribution < -0.4 is 5.32 Å². The number of thiazole rings is 1. The van der Waals surface area contributed by atoms with Crippen LogP contribution in [0, 0.1) is 11.3 Å². The molecule has 0 atom stereocenters. The fourth-order valence-electron chi connectivity index (χ4n) is 2.04. The number of halogens is 2. The van der Waals surface area contributed by atoms with E-state index in [9.17, 15) is 10.1 Å². The number of nitriles is 1. The van der Waals surface area contributed by atoms with Crippen LogP contribution in [-0.4, -0.2) is 15.9 Å². The van der Waals surface area contributed by atoms with Crippen molar-refractivity contribution in [2.75, 3.05) is 5.32 Å². The van der Waals surface area contributed by atoms with Crippen LogP contribution >= 0.6 is 34.5 Å². The molecule has 8 heteroatoms. The van der Waals surface area contributed by atoms with E-state index in [4.69, 9.17) is 23.2 Å². The Morgan fingerprint density at radius 1 is 1.27 bits per heavy atom. The van der Waals surface area contributed by atoms with Gasteiger partial charge < -0.3 is 5.32 Å². The van der Waals surface area contributed by atoms with Crippen molar-refractivity contribution in [3.05, 3.63) is 69.3 Å². The number of amides is 1. The summed E-state index contributed by atoms with van der Waals surface area (Å²) in [7, 11) is 0. The molecule has 0 bridgehead atoms. The van der Waals surface area contributed by atoms with E-state index in [2.05, 4.69) is 15.3 Å². The van der Waals surface area contributed by atoms with Gasteiger partial charge in [0.2, 0.25) is 0 Å². The molecule has 0 saturated carbocycles. The van der Waals surface area contributed by atoms with Crippen LogP contribution in [0.25, 0.3) is 16.8 Å². The van der Waals surface area contributed by atoms with Gasteiger partial charge in [-0.25, -0.2) is 4.98 Å². The molecule has 1 amide bonds. The summed E-state index contributed by atoms with van der Waals surface area (Å²) in [6.07, 6.45) is 3.09. The van der Waals surface area contributed by atoms with E-state index in [1.54, 1.807) is 23.7 Å². The smallest absolute Gasteiger partial charge is 0.266 e.